The molecule has 1 aliphatic rings. The number of H-pyrrole nitrogens is 1. The molecule has 100 valence electrons. The quantitative estimate of drug-likeness (QED) is 0.901. The van der Waals surface area contributed by atoms with Crippen LogP contribution in [0.2, 0.25) is 5.02 Å². The van der Waals surface area contributed by atoms with E-state index in [0.29, 0.717) is 6.04 Å². The Bertz CT molecular complexity index is 526. The fourth-order valence-electron chi connectivity index (χ4n) is 2.47. The van der Waals surface area contributed by atoms with Gasteiger partial charge in [0.1, 0.15) is 5.82 Å². The van der Waals surface area contributed by atoms with Crippen molar-refractivity contribution in [1.29, 1.82) is 0 Å². The number of benzene rings is 1. The first-order chi connectivity index (χ1) is 9.31. The maximum Gasteiger partial charge on any atom is 0.120 e. The minimum atomic E-state index is 0.504. The lowest BCUT2D eigenvalue weighted by molar-refractivity contribution is 0.541. The summed E-state index contributed by atoms with van der Waals surface area (Å²) in [6, 6.07) is 8.55. The molecule has 0 amide bonds. The van der Waals surface area contributed by atoms with Gasteiger partial charge < -0.3 is 15.2 Å². The van der Waals surface area contributed by atoms with Crippen molar-refractivity contribution in [1.82, 2.24) is 15.3 Å². The molecule has 1 saturated heterocycles. The molecule has 2 N–H and O–H groups in total. The fourth-order valence-corrected chi connectivity index (χ4v) is 2.65. The second-order valence-corrected chi connectivity index (χ2v) is 5.26. The summed E-state index contributed by atoms with van der Waals surface area (Å²) in [6.45, 7) is 2.87. The Morgan fingerprint density at radius 1 is 1.47 bits per heavy atom. The van der Waals surface area contributed by atoms with Gasteiger partial charge in [0.2, 0.25) is 0 Å². The van der Waals surface area contributed by atoms with E-state index in [-0.39, 0.29) is 0 Å². The van der Waals surface area contributed by atoms with Crippen LogP contribution in [0.25, 0.3) is 0 Å². The molecule has 1 aliphatic heterocycles. The Kier molecular flexibility index (Phi) is 3.71. The van der Waals surface area contributed by atoms with Crippen LogP contribution < -0.4 is 10.2 Å². The Labute approximate surface area is 117 Å². The number of anilines is 1. The van der Waals surface area contributed by atoms with E-state index in [1.54, 1.807) is 6.20 Å². The highest BCUT2D eigenvalue weighted by Crippen LogP contribution is 2.23. The summed E-state index contributed by atoms with van der Waals surface area (Å²) in [4.78, 5) is 9.69. The Morgan fingerprint density at radius 2 is 2.42 bits per heavy atom. The molecule has 0 unspecified atom stereocenters. The van der Waals surface area contributed by atoms with E-state index in [1.165, 1.54) is 5.69 Å². The zero-order valence-electron chi connectivity index (χ0n) is 10.6. The van der Waals surface area contributed by atoms with Crippen LogP contribution in [0.4, 0.5) is 5.69 Å². The van der Waals surface area contributed by atoms with Crippen LogP contribution in [0.1, 0.15) is 12.2 Å². The molecule has 1 atom stereocenters. The maximum absolute atomic E-state index is 6.03. The van der Waals surface area contributed by atoms with E-state index >= 15 is 0 Å². The zero-order valence-corrected chi connectivity index (χ0v) is 11.4. The highest BCUT2D eigenvalue weighted by Gasteiger charge is 2.22. The molecular formula is C14H17ClN4. The average Bonchev–Trinajstić information content (AvgIpc) is 3.08. The monoisotopic (exact) mass is 276 g/mol. The fraction of sp³-hybridized carbons (Fsp3) is 0.357. The third kappa shape index (κ3) is 3.08. The van der Waals surface area contributed by atoms with Crippen LogP contribution in [0.3, 0.4) is 0 Å². The average molecular weight is 277 g/mol. The van der Waals surface area contributed by atoms with Gasteiger partial charge in [0.05, 0.1) is 6.54 Å². The number of aromatic nitrogens is 2. The number of nitrogens with zero attached hydrogens (tertiary/aromatic N) is 2. The minimum absolute atomic E-state index is 0.504. The number of rotatable bonds is 4. The third-order valence-corrected chi connectivity index (χ3v) is 3.71. The van der Waals surface area contributed by atoms with Gasteiger partial charge in [-0.15, -0.1) is 0 Å². The van der Waals surface area contributed by atoms with Gasteiger partial charge in [0.15, 0.2) is 0 Å². The van der Waals surface area contributed by atoms with Gasteiger partial charge in [-0.05, 0) is 24.6 Å². The lowest BCUT2D eigenvalue weighted by Gasteiger charge is -2.19. The van der Waals surface area contributed by atoms with E-state index in [4.69, 9.17) is 11.6 Å². The van der Waals surface area contributed by atoms with Gasteiger partial charge in [0.25, 0.3) is 0 Å². The minimum Gasteiger partial charge on any atom is -0.370 e. The van der Waals surface area contributed by atoms with Gasteiger partial charge >= 0.3 is 0 Å². The number of nitrogens with one attached hydrogen (secondary N) is 2. The van der Waals surface area contributed by atoms with Crippen LogP contribution in [-0.4, -0.2) is 29.1 Å². The van der Waals surface area contributed by atoms with Crippen LogP contribution in [0.15, 0.2) is 36.7 Å². The molecule has 0 saturated carbocycles. The molecule has 0 aliphatic carbocycles. The van der Waals surface area contributed by atoms with Crippen molar-refractivity contribution in [2.24, 2.45) is 0 Å². The Hall–Kier alpha value is -1.52. The summed E-state index contributed by atoms with van der Waals surface area (Å²) in [7, 11) is 0. The summed E-state index contributed by atoms with van der Waals surface area (Å²) in [5, 5.41) is 4.33. The van der Waals surface area contributed by atoms with Crippen molar-refractivity contribution in [3.8, 4) is 0 Å². The Balaban J connectivity index is 1.55. The number of hydrogen-bond acceptors (Lipinski definition) is 3. The van der Waals surface area contributed by atoms with Gasteiger partial charge in [-0.2, -0.15) is 0 Å². The van der Waals surface area contributed by atoms with Crippen LogP contribution >= 0.6 is 11.6 Å². The molecule has 19 heavy (non-hydrogen) atoms. The number of halogens is 1. The molecule has 2 aromatic rings. The lowest BCUT2D eigenvalue weighted by Crippen LogP contribution is -2.32. The third-order valence-electron chi connectivity index (χ3n) is 3.47. The summed E-state index contributed by atoms with van der Waals surface area (Å²) in [5.74, 6) is 0.987. The zero-order chi connectivity index (χ0) is 13.1. The Morgan fingerprint density at radius 3 is 3.21 bits per heavy atom. The van der Waals surface area contributed by atoms with Gasteiger partial charge in [-0.3, -0.25) is 0 Å². The predicted molar refractivity (Wildman–Crippen MR) is 77.5 cm³/mol. The van der Waals surface area contributed by atoms with E-state index in [2.05, 4.69) is 26.3 Å². The van der Waals surface area contributed by atoms with Crippen LogP contribution in [-0.2, 0) is 6.54 Å². The maximum atomic E-state index is 6.03. The molecule has 1 aromatic carbocycles. The second-order valence-electron chi connectivity index (χ2n) is 4.83. The van der Waals surface area contributed by atoms with Gasteiger partial charge in [-0.25, -0.2) is 4.98 Å². The molecule has 3 rings (SSSR count). The van der Waals surface area contributed by atoms with Gasteiger partial charge in [0, 0.05) is 42.2 Å². The molecule has 5 heteroatoms. The molecule has 4 nitrogen and oxygen atoms in total. The molecular weight excluding hydrogens is 260 g/mol. The van der Waals surface area contributed by atoms with Crippen molar-refractivity contribution < 1.29 is 0 Å². The molecule has 2 heterocycles. The van der Waals surface area contributed by atoms with Crippen LogP contribution in [0.5, 0.6) is 0 Å². The summed E-state index contributed by atoms with van der Waals surface area (Å²) < 4.78 is 0. The highest BCUT2D eigenvalue weighted by atomic mass is 35.5. The molecule has 0 bridgehead atoms. The first-order valence-electron chi connectivity index (χ1n) is 6.53. The van der Waals surface area contributed by atoms with E-state index in [1.807, 2.05) is 24.4 Å². The molecule has 0 spiro atoms. The van der Waals surface area contributed by atoms with Gasteiger partial charge in [-0.1, -0.05) is 17.7 Å². The molecule has 1 fully saturated rings. The number of imidazole rings is 1. The topological polar surface area (TPSA) is 44.0 Å². The molecule has 1 aromatic heterocycles. The number of aromatic amines is 1. The van der Waals surface area contributed by atoms with Crippen molar-refractivity contribution in [3.63, 3.8) is 0 Å². The van der Waals surface area contributed by atoms with E-state index in [0.717, 1.165) is 36.9 Å². The summed E-state index contributed by atoms with van der Waals surface area (Å²) >= 11 is 6.03. The highest BCUT2D eigenvalue weighted by molar-refractivity contribution is 6.30. The van der Waals surface area contributed by atoms with Crippen molar-refractivity contribution in [2.75, 3.05) is 18.0 Å². The van der Waals surface area contributed by atoms with Crippen LogP contribution in [0, 0.1) is 0 Å². The summed E-state index contributed by atoms with van der Waals surface area (Å²) in [6.07, 6.45) is 4.78. The normalized spacial score (nSPS) is 19.0. The van der Waals surface area contributed by atoms with E-state index < -0.39 is 0 Å². The lowest BCUT2D eigenvalue weighted by atomic mass is 10.2. The number of hydrogen-bond donors (Lipinski definition) is 2. The molecule has 0 radical (unpaired) electrons. The smallest absolute Gasteiger partial charge is 0.120 e. The largest absolute Gasteiger partial charge is 0.370 e. The standard InChI is InChI=1S/C14H17ClN4/c15-11-2-1-3-13(8-11)19-7-4-12(10-19)18-9-14-16-5-6-17-14/h1-3,5-6,8,12,18H,4,7,9-10H2,(H,16,17)/t12-/m1/s1. The summed E-state index contributed by atoms with van der Waals surface area (Å²) in [5.41, 5.74) is 1.20. The second kappa shape index (κ2) is 5.63. The van der Waals surface area contributed by atoms with E-state index in [9.17, 15) is 0 Å². The van der Waals surface area contributed by atoms with Crippen molar-refractivity contribution in [2.45, 2.75) is 19.0 Å². The van der Waals surface area contributed by atoms with Crippen molar-refractivity contribution >= 4 is 17.3 Å². The van der Waals surface area contributed by atoms with Crippen molar-refractivity contribution in [3.05, 3.63) is 47.5 Å². The SMILES string of the molecule is Clc1cccc(N2CC[C@@H](NCc3ncc[nH]3)C2)c1. The first-order valence-corrected chi connectivity index (χ1v) is 6.91. The first kappa shape index (κ1) is 12.5. The predicted octanol–water partition coefficient (Wildman–Crippen LogP) is 2.43.